The SMILES string of the molecule is CC.C[C@H](N)COCC(=O)O. The van der Waals surface area contributed by atoms with E-state index in [1.165, 1.54) is 0 Å². The molecule has 0 fully saturated rings. The van der Waals surface area contributed by atoms with E-state index in [9.17, 15) is 4.79 Å². The van der Waals surface area contributed by atoms with Crippen molar-refractivity contribution < 1.29 is 14.6 Å². The average molecular weight is 163 g/mol. The van der Waals surface area contributed by atoms with E-state index in [0.29, 0.717) is 6.61 Å². The Kier molecular flexibility index (Phi) is 11.1. The fourth-order valence-electron chi connectivity index (χ4n) is 0.332. The summed E-state index contributed by atoms with van der Waals surface area (Å²) < 4.78 is 4.63. The normalized spacial score (nSPS) is 11.3. The Labute approximate surface area is 67.3 Å². The summed E-state index contributed by atoms with van der Waals surface area (Å²) in [6.45, 7) is 5.79. The van der Waals surface area contributed by atoms with Gasteiger partial charge in [-0.2, -0.15) is 0 Å². The molecule has 0 aromatic rings. The topological polar surface area (TPSA) is 72.5 Å². The predicted octanol–water partition coefficient (Wildman–Crippen LogP) is 0.461. The third-order valence-electron chi connectivity index (χ3n) is 0.606. The van der Waals surface area contributed by atoms with E-state index >= 15 is 0 Å². The Bertz CT molecular complexity index is 93.7. The molecular formula is C7H17NO3. The minimum Gasteiger partial charge on any atom is -0.480 e. The van der Waals surface area contributed by atoms with Gasteiger partial charge in [0.15, 0.2) is 0 Å². The number of carbonyl (C=O) groups is 1. The summed E-state index contributed by atoms with van der Waals surface area (Å²) in [5, 5.41) is 8.06. The average Bonchev–Trinajstić information content (AvgIpc) is 1.90. The van der Waals surface area contributed by atoms with Crippen molar-refractivity contribution in [1.82, 2.24) is 0 Å². The molecular weight excluding hydrogens is 146 g/mol. The van der Waals surface area contributed by atoms with Crippen LogP contribution in [-0.4, -0.2) is 30.3 Å². The van der Waals surface area contributed by atoms with Crippen LogP contribution in [0.3, 0.4) is 0 Å². The third kappa shape index (κ3) is 17.7. The van der Waals surface area contributed by atoms with Gasteiger partial charge in [0.05, 0.1) is 6.61 Å². The summed E-state index contributed by atoms with van der Waals surface area (Å²) in [5.74, 6) is -0.962. The van der Waals surface area contributed by atoms with Crippen molar-refractivity contribution in [2.45, 2.75) is 26.8 Å². The van der Waals surface area contributed by atoms with Crippen LogP contribution in [0.2, 0.25) is 0 Å². The van der Waals surface area contributed by atoms with Gasteiger partial charge in [0.25, 0.3) is 0 Å². The van der Waals surface area contributed by atoms with Crippen LogP contribution in [0.15, 0.2) is 0 Å². The first-order valence-corrected chi connectivity index (χ1v) is 3.68. The Morgan fingerprint density at radius 2 is 2.09 bits per heavy atom. The second-order valence-corrected chi connectivity index (χ2v) is 1.89. The smallest absolute Gasteiger partial charge is 0.329 e. The molecule has 1 atom stereocenters. The van der Waals surface area contributed by atoms with Crippen LogP contribution >= 0.6 is 0 Å². The molecule has 0 rings (SSSR count). The van der Waals surface area contributed by atoms with Gasteiger partial charge in [-0.25, -0.2) is 4.79 Å². The van der Waals surface area contributed by atoms with Gasteiger partial charge in [-0.15, -0.1) is 0 Å². The van der Waals surface area contributed by atoms with Gasteiger partial charge in [0.2, 0.25) is 0 Å². The van der Waals surface area contributed by atoms with Crippen molar-refractivity contribution in [2.24, 2.45) is 5.73 Å². The number of carboxylic acids is 1. The maximum absolute atomic E-state index is 9.81. The molecule has 0 aromatic carbocycles. The number of aliphatic carboxylic acids is 1. The summed E-state index contributed by atoms with van der Waals surface area (Å²) >= 11 is 0. The van der Waals surface area contributed by atoms with E-state index in [2.05, 4.69) is 4.74 Å². The monoisotopic (exact) mass is 163 g/mol. The lowest BCUT2D eigenvalue weighted by molar-refractivity contribution is -0.142. The standard InChI is InChI=1S/C5H11NO3.C2H6/c1-4(6)2-9-3-5(7)8;1-2/h4H,2-3,6H2,1H3,(H,7,8);1-2H3/t4-;/m0./s1. The number of nitrogens with two attached hydrogens (primary N) is 1. The molecule has 0 saturated carbocycles. The highest BCUT2D eigenvalue weighted by Crippen LogP contribution is 1.78. The summed E-state index contributed by atoms with van der Waals surface area (Å²) in [6, 6.07) is -0.0932. The molecule has 4 nitrogen and oxygen atoms in total. The number of carboxylic acid groups (broad SMARTS) is 1. The van der Waals surface area contributed by atoms with Crippen LogP contribution in [0.1, 0.15) is 20.8 Å². The van der Waals surface area contributed by atoms with E-state index in [4.69, 9.17) is 10.8 Å². The molecule has 0 aromatic heterocycles. The lowest BCUT2D eigenvalue weighted by Crippen LogP contribution is -2.23. The first-order valence-electron chi connectivity index (χ1n) is 3.68. The highest BCUT2D eigenvalue weighted by atomic mass is 16.5. The van der Waals surface area contributed by atoms with E-state index in [0.717, 1.165) is 0 Å². The van der Waals surface area contributed by atoms with Crippen molar-refractivity contribution in [1.29, 1.82) is 0 Å². The van der Waals surface area contributed by atoms with Crippen molar-refractivity contribution in [3.05, 3.63) is 0 Å². The predicted molar refractivity (Wildman–Crippen MR) is 43.5 cm³/mol. The van der Waals surface area contributed by atoms with Gasteiger partial charge in [-0.1, -0.05) is 13.8 Å². The van der Waals surface area contributed by atoms with Gasteiger partial charge in [-0.05, 0) is 6.92 Å². The number of hydrogen-bond acceptors (Lipinski definition) is 3. The molecule has 68 valence electrons. The lowest BCUT2D eigenvalue weighted by atomic mass is 10.4. The van der Waals surface area contributed by atoms with E-state index in [1.54, 1.807) is 6.92 Å². The zero-order valence-electron chi connectivity index (χ0n) is 7.33. The van der Waals surface area contributed by atoms with E-state index < -0.39 is 5.97 Å². The minimum absolute atomic E-state index is 0.0932. The minimum atomic E-state index is -0.962. The van der Waals surface area contributed by atoms with Gasteiger partial charge in [0.1, 0.15) is 6.61 Å². The molecule has 0 aliphatic rings. The lowest BCUT2D eigenvalue weighted by Gasteiger charge is -2.02. The van der Waals surface area contributed by atoms with Gasteiger partial charge < -0.3 is 15.6 Å². The number of ether oxygens (including phenoxy) is 1. The van der Waals surface area contributed by atoms with E-state index in [-0.39, 0.29) is 12.6 Å². The molecule has 0 saturated heterocycles. The van der Waals surface area contributed by atoms with Crippen LogP contribution in [0, 0.1) is 0 Å². The number of rotatable bonds is 4. The van der Waals surface area contributed by atoms with Crippen LogP contribution in [-0.2, 0) is 9.53 Å². The molecule has 0 amide bonds. The third-order valence-corrected chi connectivity index (χ3v) is 0.606. The molecule has 0 aliphatic carbocycles. The second-order valence-electron chi connectivity index (χ2n) is 1.89. The second kappa shape index (κ2) is 9.39. The quantitative estimate of drug-likeness (QED) is 0.631. The van der Waals surface area contributed by atoms with Crippen molar-refractivity contribution in [2.75, 3.05) is 13.2 Å². The summed E-state index contributed by atoms with van der Waals surface area (Å²) in [6.07, 6.45) is 0. The first kappa shape index (κ1) is 13.0. The summed E-state index contributed by atoms with van der Waals surface area (Å²) in [7, 11) is 0. The Morgan fingerprint density at radius 3 is 2.36 bits per heavy atom. The molecule has 0 heterocycles. The van der Waals surface area contributed by atoms with Crippen molar-refractivity contribution in [3.8, 4) is 0 Å². The van der Waals surface area contributed by atoms with Crippen molar-refractivity contribution >= 4 is 5.97 Å². The zero-order chi connectivity index (χ0) is 9.28. The summed E-state index contributed by atoms with van der Waals surface area (Å²) in [5.41, 5.74) is 5.26. The first-order chi connectivity index (χ1) is 5.13. The Morgan fingerprint density at radius 1 is 1.64 bits per heavy atom. The van der Waals surface area contributed by atoms with Crippen LogP contribution in [0.4, 0.5) is 0 Å². The molecule has 11 heavy (non-hydrogen) atoms. The largest absolute Gasteiger partial charge is 0.480 e. The van der Waals surface area contributed by atoms with Gasteiger partial charge in [0, 0.05) is 6.04 Å². The van der Waals surface area contributed by atoms with E-state index in [1.807, 2.05) is 13.8 Å². The molecule has 0 radical (unpaired) electrons. The maximum Gasteiger partial charge on any atom is 0.329 e. The van der Waals surface area contributed by atoms with Crippen LogP contribution in [0.25, 0.3) is 0 Å². The van der Waals surface area contributed by atoms with Crippen molar-refractivity contribution in [3.63, 3.8) is 0 Å². The Hall–Kier alpha value is -0.610. The molecule has 0 spiro atoms. The van der Waals surface area contributed by atoms with Crippen LogP contribution < -0.4 is 5.73 Å². The van der Waals surface area contributed by atoms with Gasteiger partial charge in [-0.3, -0.25) is 0 Å². The number of hydrogen-bond donors (Lipinski definition) is 2. The highest BCUT2D eigenvalue weighted by molar-refractivity contribution is 5.67. The Balaban J connectivity index is 0. The fraction of sp³-hybridized carbons (Fsp3) is 0.857. The van der Waals surface area contributed by atoms with Gasteiger partial charge >= 0.3 is 5.97 Å². The highest BCUT2D eigenvalue weighted by Gasteiger charge is 1.97. The fourth-order valence-corrected chi connectivity index (χ4v) is 0.332. The summed E-state index contributed by atoms with van der Waals surface area (Å²) in [4.78, 5) is 9.81. The molecule has 0 bridgehead atoms. The zero-order valence-corrected chi connectivity index (χ0v) is 7.33. The molecule has 3 N–H and O–H groups in total. The molecule has 0 aliphatic heterocycles. The molecule has 0 unspecified atom stereocenters. The van der Waals surface area contributed by atoms with Crippen LogP contribution in [0.5, 0.6) is 0 Å². The maximum atomic E-state index is 9.81. The molecule has 4 heteroatoms.